The van der Waals surface area contributed by atoms with Crippen LogP contribution in [0.3, 0.4) is 0 Å². The van der Waals surface area contributed by atoms with Crippen molar-refractivity contribution in [3.63, 3.8) is 0 Å². The molecule has 1 unspecified atom stereocenters. The number of anilines is 2. The number of piperidine rings is 1. The van der Waals surface area contributed by atoms with Crippen molar-refractivity contribution in [1.82, 2.24) is 20.6 Å². The number of aromatic nitrogens is 2. The molecule has 0 spiro atoms. The molecule has 2 aromatic heterocycles. The van der Waals surface area contributed by atoms with E-state index in [4.69, 9.17) is 14.7 Å². The number of hydrogen-bond donors (Lipinski definition) is 2. The number of ether oxygens (including phenoxy) is 1. The van der Waals surface area contributed by atoms with Gasteiger partial charge in [0.05, 0.1) is 17.0 Å². The number of hydrogen-bond acceptors (Lipinski definition) is 11. The standard InChI is InChI=1S/C43H62N6O5S2/c1-4-27-55-40-33(38(50)44-31-13-8-6-9-14-31)18-20-36(46-40)48-25-22-30(23-26-48)29(3)42(52)54-43(53)35-17-12-24-49(35)37-21-19-34(41(47-37)56-28-5-2)39(51)45-32-15-10-7-11-16-32/h18-21,29-32,35H,4-17,22-28H2,1-3H3,(H,44,50)(H,45,51)/t29?,35-/m0/s1. The lowest BCUT2D eigenvalue weighted by molar-refractivity contribution is -0.164. The number of thioether (sulfide) groups is 2. The molecule has 2 saturated heterocycles. The highest BCUT2D eigenvalue weighted by molar-refractivity contribution is 7.99. The minimum absolute atomic E-state index is 0.0325. The molecular weight excluding hydrogens is 745 g/mol. The van der Waals surface area contributed by atoms with E-state index < -0.39 is 23.9 Å². The summed E-state index contributed by atoms with van der Waals surface area (Å²) < 4.78 is 5.61. The predicted molar refractivity (Wildman–Crippen MR) is 225 cm³/mol. The predicted octanol–water partition coefficient (Wildman–Crippen LogP) is 8.20. The second-order valence-corrected chi connectivity index (χ2v) is 18.2. The SMILES string of the molecule is CCCSc1nc(N2CCC(C(C)C(=O)OC(=O)[C@@H]3CCCN3c3ccc(C(=O)NC4CCCCC4)c(SCCC)n3)CC2)ccc1C(=O)NC1CCCCC1. The zero-order chi connectivity index (χ0) is 39.4. The molecule has 2 N–H and O–H groups in total. The van der Waals surface area contributed by atoms with Crippen LogP contribution in [0.25, 0.3) is 0 Å². The summed E-state index contributed by atoms with van der Waals surface area (Å²) in [5.74, 6) is 1.72. The third kappa shape index (κ3) is 11.0. The summed E-state index contributed by atoms with van der Waals surface area (Å²) >= 11 is 3.20. The Labute approximate surface area is 342 Å². The van der Waals surface area contributed by atoms with Crippen LogP contribution in [0.15, 0.2) is 34.3 Å². The van der Waals surface area contributed by atoms with E-state index in [1.165, 1.54) is 12.8 Å². The summed E-state index contributed by atoms with van der Waals surface area (Å²) in [7, 11) is 0. The number of nitrogens with one attached hydrogen (secondary N) is 2. The minimum atomic E-state index is -0.606. The van der Waals surface area contributed by atoms with E-state index in [0.717, 1.165) is 119 Å². The van der Waals surface area contributed by atoms with Gasteiger partial charge < -0.3 is 25.2 Å². The highest BCUT2D eigenvalue weighted by Crippen LogP contribution is 2.33. The molecule has 2 amide bonds. The Morgan fingerprint density at radius 3 is 1.75 bits per heavy atom. The summed E-state index contributed by atoms with van der Waals surface area (Å²) in [6, 6.07) is 7.38. The van der Waals surface area contributed by atoms with Gasteiger partial charge in [0.15, 0.2) is 0 Å². The van der Waals surface area contributed by atoms with Gasteiger partial charge in [-0.3, -0.25) is 14.4 Å². The Bertz CT molecular complexity index is 1660. The monoisotopic (exact) mass is 806 g/mol. The number of carbonyl (C=O) groups excluding carboxylic acids is 4. The fraction of sp³-hybridized carbons (Fsp3) is 0.674. The molecule has 4 aliphatic rings. The summed E-state index contributed by atoms with van der Waals surface area (Å²) in [6.07, 6.45) is 16.0. The third-order valence-electron chi connectivity index (χ3n) is 11.9. The Hall–Kier alpha value is -3.32. The van der Waals surface area contributed by atoms with E-state index in [1.54, 1.807) is 23.5 Å². The number of amides is 2. The van der Waals surface area contributed by atoms with Crippen LogP contribution in [0, 0.1) is 11.8 Å². The first kappa shape index (κ1) is 42.3. The molecule has 0 radical (unpaired) electrons. The van der Waals surface area contributed by atoms with E-state index in [2.05, 4.69) is 29.4 Å². The van der Waals surface area contributed by atoms with Crippen LogP contribution in [-0.4, -0.2) is 83.0 Å². The molecule has 2 aromatic rings. The van der Waals surface area contributed by atoms with Crippen molar-refractivity contribution in [1.29, 1.82) is 0 Å². The maximum Gasteiger partial charge on any atom is 0.336 e. The molecule has 4 fully saturated rings. The molecule has 6 rings (SSSR count). The van der Waals surface area contributed by atoms with Gasteiger partial charge in [0.1, 0.15) is 27.7 Å². The maximum absolute atomic E-state index is 13.6. The Morgan fingerprint density at radius 2 is 1.21 bits per heavy atom. The molecule has 2 aliphatic heterocycles. The number of carbonyl (C=O) groups is 4. The molecule has 56 heavy (non-hydrogen) atoms. The van der Waals surface area contributed by atoms with Gasteiger partial charge in [-0.25, -0.2) is 14.8 Å². The molecule has 11 nitrogen and oxygen atoms in total. The molecule has 0 bridgehead atoms. The molecule has 2 atom stereocenters. The number of pyridine rings is 2. The first-order valence-electron chi connectivity index (χ1n) is 21.4. The summed E-state index contributed by atoms with van der Waals surface area (Å²) in [4.78, 5) is 67.7. The molecule has 306 valence electrons. The second kappa shape index (κ2) is 20.9. The van der Waals surface area contributed by atoms with Gasteiger partial charge in [0.2, 0.25) is 0 Å². The van der Waals surface area contributed by atoms with Crippen LogP contribution in [0.5, 0.6) is 0 Å². The average molecular weight is 807 g/mol. The Morgan fingerprint density at radius 1 is 0.696 bits per heavy atom. The molecular formula is C43H62N6O5S2. The minimum Gasteiger partial charge on any atom is -0.391 e. The zero-order valence-corrected chi connectivity index (χ0v) is 35.3. The molecule has 4 heterocycles. The zero-order valence-electron chi connectivity index (χ0n) is 33.7. The normalized spacial score (nSPS) is 20.4. The van der Waals surface area contributed by atoms with Gasteiger partial charge in [-0.2, -0.15) is 0 Å². The first-order valence-corrected chi connectivity index (χ1v) is 23.4. The van der Waals surface area contributed by atoms with Crippen LogP contribution in [0.2, 0.25) is 0 Å². The van der Waals surface area contributed by atoms with Crippen molar-refractivity contribution in [3.8, 4) is 0 Å². The van der Waals surface area contributed by atoms with Crippen molar-refractivity contribution in [2.24, 2.45) is 11.8 Å². The van der Waals surface area contributed by atoms with Crippen molar-refractivity contribution in [2.75, 3.05) is 40.9 Å². The van der Waals surface area contributed by atoms with Crippen molar-refractivity contribution in [3.05, 3.63) is 35.4 Å². The highest BCUT2D eigenvalue weighted by Gasteiger charge is 2.37. The number of nitrogens with zero attached hydrogens (tertiary/aromatic N) is 4. The lowest BCUT2D eigenvalue weighted by Gasteiger charge is -2.35. The summed E-state index contributed by atoms with van der Waals surface area (Å²) in [6.45, 7) is 8.18. The number of rotatable bonds is 15. The Kier molecular flexibility index (Phi) is 15.8. The lowest BCUT2D eigenvalue weighted by Crippen LogP contribution is -2.42. The number of esters is 2. The third-order valence-corrected chi connectivity index (χ3v) is 14.3. The summed E-state index contributed by atoms with van der Waals surface area (Å²) in [5, 5.41) is 7.93. The van der Waals surface area contributed by atoms with Gasteiger partial charge >= 0.3 is 11.9 Å². The van der Waals surface area contributed by atoms with Gasteiger partial charge in [-0.15, -0.1) is 23.5 Å². The van der Waals surface area contributed by atoms with E-state index >= 15 is 0 Å². The lowest BCUT2D eigenvalue weighted by atomic mass is 9.85. The van der Waals surface area contributed by atoms with E-state index in [-0.39, 0.29) is 29.8 Å². The second-order valence-electron chi connectivity index (χ2n) is 16.1. The van der Waals surface area contributed by atoms with Crippen molar-refractivity contribution >= 4 is 58.9 Å². The highest BCUT2D eigenvalue weighted by atomic mass is 32.2. The van der Waals surface area contributed by atoms with Crippen LogP contribution in [-0.2, 0) is 14.3 Å². The van der Waals surface area contributed by atoms with Gasteiger partial charge in [-0.05, 0) is 106 Å². The Balaban J connectivity index is 1.04. The smallest absolute Gasteiger partial charge is 0.336 e. The molecule has 0 aromatic carbocycles. The van der Waals surface area contributed by atoms with E-state index in [9.17, 15) is 19.2 Å². The maximum atomic E-state index is 13.6. The average Bonchev–Trinajstić information content (AvgIpc) is 3.73. The summed E-state index contributed by atoms with van der Waals surface area (Å²) in [5.41, 5.74) is 1.22. The molecule has 13 heteroatoms. The van der Waals surface area contributed by atoms with Gasteiger partial charge in [0.25, 0.3) is 11.8 Å². The topological polar surface area (TPSA) is 134 Å². The fourth-order valence-corrected chi connectivity index (χ4v) is 10.3. The van der Waals surface area contributed by atoms with Crippen LogP contribution < -0.4 is 20.4 Å². The quantitative estimate of drug-likeness (QED) is 0.103. The largest absolute Gasteiger partial charge is 0.391 e. The van der Waals surface area contributed by atoms with Gasteiger partial charge in [-0.1, -0.05) is 59.3 Å². The first-order chi connectivity index (χ1) is 27.2. The van der Waals surface area contributed by atoms with Crippen LogP contribution in [0.4, 0.5) is 11.6 Å². The van der Waals surface area contributed by atoms with Crippen LogP contribution >= 0.6 is 23.5 Å². The fourth-order valence-electron chi connectivity index (χ4n) is 8.55. The molecule has 2 aliphatic carbocycles. The van der Waals surface area contributed by atoms with Crippen molar-refractivity contribution < 1.29 is 23.9 Å². The molecule has 2 saturated carbocycles. The van der Waals surface area contributed by atoms with Crippen molar-refractivity contribution in [2.45, 2.75) is 152 Å². The van der Waals surface area contributed by atoms with E-state index in [0.29, 0.717) is 34.9 Å². The van der Waals surface area contributed by atoms with Gasteiger partial charge in [0, 0.05) is 31.7 Å². The van der Waals surface area contributed by atoms with Crippen LogP contribution in [0.1, 0.15) is 144 Å². The van der Waals surface area contributed by atoms with E-state index in [1.807, 2.05) is 36.1 Å².